The van der Waals surface area contributed by atoms with Gasteiger partial charge >= 0.3 is 5.97 Å². The molecule has 6 nitrogen and oxygen atoms in total. The number of fused-ring (bicyclic) bond motifs is 1. The van der Waals surface area contributed by atoms with Crippen molar-refractivity contribution in [1.82, 2.24) is 0 Å². The number of ketones is 1. The van der Waals surface area contributed by atoms with Gasteiger partial charge in [0.2, 0.25) is 0 Å². The number of hydrogen-bond acceptors (Lipinski definition) is 7. The Kier molecular flexibility index (Phi) is 9.07. The van der Waals surface area contributed by atoms with Gasteiger partial charge in [0.1, 0.15) is 17.1 Å². The van der Waals surface area contributed by atoms with Crippen LogP contribution in [0.5, 0.6) is 0 Å². The second kappa shape index (κ2) is 11.8. The number of aliphatic hydroxyl groups excluding tert-OH is 2. The third-order valence-corrected chi connectivity index (χ3v) is 7.69. The molecule has 0 saturated heterocycles. The molecule has 1 aromatic heterocycles. The maximum absolute atomic E-state index is 12.3. The standard InChI is InChI=1S/C23H28O6S2/c24-16(6-8-17-12-15-4-1-2-5-21(15)29-17)7-9-18-19(25)13-20(26)23(18)31-11-3-10-30-14-22(27)28/h1-2,4-5,7,9,12,16,18-19,23-25H,3,6,8,10-11,13-14H2,(H,27,28)/t16-,18-,19+,23+/m0/s1. The molecule has 0 amide bonds. The van der Waals surface area contributed by atoms with E-state index in [1.54, 1.807) is 12.2 Å². The van der Waals surface area contributed by atoms with Gasteiger partial charge in [-0.2, -0.15) is 11.8 Å². The maximum atomic E-state index is 12.3. The minimum absolute atomic E-state index is 0.0297. The molecule has 0 bridgehead atoms. The molecule has 8 heteroatoms. The lowest BCUT2D eigenvalue weighted by Gasteiger charge is -2.17. The zero-order valence-electron chi connectivity index (χ0n) is 17.2. The number of carbonyl (C=O) groups is 2. The predicted molar refractivity (Wildman–Crippen MR) is 125 cm³/mol. The number of rotatable bonds is 12. The average molecular weight is 465 g/mol. The van der Waals surface area contributed by atoms with E-state index in [2.05, 4.69) is 0 Å². The molecule has 0 spiro atoms. The Balaban J connectivity index is 1.46. The molecule has 3 N–H and O–H groups in total. The summed E-state index contributed by atoms with van der Waals surface area (Å²) < 4.78 is 5.77. The van der Waals surface area contributed by atoms with Gasteiger partial charge in [-0.15, -0.1) is 11.8 Å². The average Bonchev–Trinajstić information content (AvgIpc) is 3.27. The van der Waals surface area contributed by atoms with Crippen LogP contribution < -0.4 is 0 Å². The number of furan rings is 1. The fourth-order valence-corrected chi connectivity index (χ4v) is 5.83. The Morgan fingerprint density at radius 3 is 2.87 bits per heavy atom. The molecule has 31 heavy (non-hydrogen) atoms. The zero-order valence-corrected chi connectivity index (χ0v) is 18.8. The van der Waals surface area contributed by atoms with Crippen molar-refractivity contribution in [3.63, 3.8) is 0 Å². The maximum Gasteiger partial charge on any atom is 0.313 e. The second-order valence-corrected chi connectivity index (χ2v) is 10.0. The topological polar surface area (TPSA) is 108 Å². The van der Waals surface area contributed by atoms with Crippen LogP contribution >= 0.6 is 23.5 Å². The van der Waals surface area contributed by atoms with Crippen LogP contribution in [0.3, 0.4) is 0 Å². The van der Waals surface area contributed by atoms with Crippen molar-refractivity contribution in [2.24, 2.45) is 5.92 Å². The molecule has 0 unspecified atom stereocenters. The highest BCUT2D eigenvalue weighted by atomic mass is 32.2. The van der Waals surface area contributed by atoms with Gasteiger partial charge in [-0.1, -0.05) is 30.4 Å². The van der Waals surface area contributed by atoms with Gasteiger partial charge < -0.3 is 19.7 Å². The van der Waals surface area contributed by atoms with Crippen LogP contribution in [0, 0.1) is 5.92 Å². The Morgan fingerprint density at radius 2 is 2.10 bits per heavy atom. The number of aliphatic hydroxyl groups is 2. The molecule has 1 saturated carbocycles. The quantitative estimate of drug-likeness (QED) is 0.323. The summed E-state index contributed by atoms with van der Waals surface area (Å²) in [6.45, 7) is 0. The van der Waals surface area contributed by atoms with Crippen LogP contribution in [-0.4, -0.2) is 61.8 Å². The van der Waals surface area contributed by atoms with E-state index in [9.17, 15) is 19.8 Å². The summed E-state index contributed by atoms with van der Waals surface area (Å²) in [5, 5.41) is 30.0. The highest BCUT2D eigenvalue weighted by Crippen LogP contribution is 2.34. The van der Waals surface area contributed by atoms with Crippen molar-refractivity contribution in [3.8, 4) is 0 Å². The summed E-state index contributed by atoms with van der Waals surface area (Å²) in [5.74, 6) is 1.25. The molecule has 0 aliphatic heterocycles. The number of thioether (sulfide) groups is 2. The van der Waals surface area contributed by atoms with Gasteiger partial charge in [0.25, 0.3) is 0 Å². The van der Waals surface area contributed by atoms with Crippen molar-refractivity contribution in [1.29, 1.82) is 0 Å². The summed E-state index contributed by atoms with van der Waals surface area (Å²) in [5.41, 5.74) is 0.830. The minimum Gasteiger partial charge on any atom is -0.481 e. The first-order chi connectivity index (χ1) is 14.9. The molecular weight excluding hydrogens is 436 g/mol. The van der Waals surface area contributed by atoms with Crippen LogP contribution in [0.2, 0.25) is 0 Å². The molecule has 1 aromatic carbocycles. The summed E-state index contributed by atoms with van der Waals surface area (Å²) in [7, 11) is 0. The summed E-state index contributed by atoms with van der Waals surface area (Å²) in [4.78, 5) is 22.8. The predicted octanol–water partition coefficient (Wildman–Crippen LogP) is 3.54. The van der Waals surface area contributed by atoms with Crippen LogP contribution in [-0.2, 0) is 16.0 Å². The van der Waals surface area contributed by atoms with Crippen LogP contribution in [0.25, 0.3) is 11.0 Å². The Labute approximate surface area is 190 Å². The molecule has 1 fully saturated rings. The molecule has 0 radical (unpaired) electrons. The van der Waals surface area contributed by atoms with E-state index in [-0.39, 0.29) is 29.1 Å². The van der Waals surface area contributed by atoms with Gasteiger partial charge in [-0.25, -0.2) is 0 Å². The van der Waals surface area contributed by atoms with Gasteiger partial charge in [0, 0.05) is 24.1 Å². The largest absolute Gasteiger partial charge is 0.481 e. The number of carboxylic acids is 1. The molecule has 1 aliphatic carbocycles. The van der Waals surface area contributed by atoms with E-state index in [4.69, 9.17) is 9.52 Å². The third kappa shape index (κ3) is 7.14. The minimum atomic E-state index is -0.823. The zero-order chi connectivity index (χ0) is 22.2. The highest BCUT2D eigenvalue weighted by Gasteiger charge is 2.40. The van der Waals surface area contributed by atoms with Crippen molar-refractivity contribution in [2.75, 3.05) is 17.3 Å². The van der Waals surface area contributed by atoms with Crippen LogP contribution in [0.1, 0.15) is 25.0 Å². The smallest absolute Gasteiger partial charge is 0.313 e. The Bertz CT molecular complexity index is 875. The van der Waals surface area contributed by atoms with E-state index in [0.29, 0.717) is 12.8 Å². The number of para-hydroxylation sites is 1. The number of Topliss-reactive ketones (excluding diaryl/α,β-unsaturated/α-hetero) is 1. The van der Waals surface area contributed by atoms with Crippen LogP contribution in [0.4, 0.5) is 0 Å². The van der Waals surface area contributed by atoms with Gasteiger partial charge in [-0.3, -0.25) is 9.59 Å². The van der Waals surface area contributed by atoms with E-state index in [1.807, 2.05) is 30.3 Å². The number of aliphatic carboxylic acids is 1. The summed E-state index contributed by atoms with van der Waals surface area (Å²) >= 11 is 2.87. The molecule has 3 rings (SSSR count). The van der Waals surface area contributed by atoms with Crippen molar-refractivity contribution in [2.45, 2.75) is 43.1 Å². The van der Waals surface area contributed by atoms with Crippen molar-refractivity contribution < 1.29 is 29.3 Å². The van der Waals surface area contributed by atoms with Gasteiger partial charge in [0.15, 0.2) is 0 Å². The number of aryl methyl sites for hydroxylation is 1. The molecule has 1 aliphatic rings. The van der Waals surface area contributed by atoms with Crippen molar-refractivity contribution in [3.05, 3.63) is 48.2 Å². The Hall–Kier alpha value is -1.74. The second-order valence-electron chi connectivity index (χ2n) is 7.65. The van der Waals surface area contributed by atoms with Crippen molar-refractivity contribution >= 4 is 46.2 Å². The van der Waals surface area contributed by atoms with E-state index in [1.165, 1.54) is 23.5 Å². The van der Waals surface area contributed by atoms with Gasteiger partial charge in [-0.05, 0) is 36.5 Å². The van der Waals surface area contributed by atoms with E-state index < -0.39 is 18.2 Å². The fourth-order valence-electron chi connectivity index (χ4n) is 3.64. The normalized spacial score (nSPS) is 22.5. The van der Waals surface area contributed by atoms with E-state index in [0.717, 1.165) is 34.7 Å². The number of carboxylic acid groups (broad SMARTS) is 1. The number of benzene rings is 1. The monoisotopic (exact) mass is 464 g/mol. The fraction of sp³-hybridized carbons (Fsp3) is 0.478. The third-order valence-electron chi connectivity index (χ3n) is 5.20. The number of hydrogen-bond donors (Lipinski definition) is 3. The highest BCUT2D eigenvalue weighted by molar-refractivity contribution is 8.01. The first-order valence-corrected chi connectivity index (χ1v) is 12.6. The first kappa shape index (κ1) is 23.9. The lowest BCUT2D eigenvalue weighted by Crippen LogP contribution is -2.22. The Morgan fingerprint density at radius 1 is 1.29 bits per heavy atom. The van der Waals surface area contributed by atoms with E-state index >= 15 is 0 Å². The van der Waals surface area contributed by atoms with Gasteiger partial charge in [0.05, 0.1) is 23.2 Å². The first-order valence-electron chi connectivity index (χ1n) is 10.4. The molecule has 1 heterocycles. The van der Waals surface area contributed by atoms with Crippen LogP contribution in [0.15, 0.2) is 46.9 Å². The molecule has 4 atom stereocenters. The lowest BCUT2D eigenvalue weighted by molar-refractivity contribution is -0.133. The molecular formula is C23H28O6S2. The summed E-state index contributed by atoms with van der Waals surface area (Å²) in [6.07, 6.45) is 4.05. The summed E-state index contributed by atoms with van der Waals surface area (Å²) in [6, 6.07) is 9.75. The molecule has 2 aromatic rings. The SMILES string of the molecule is O=C(O)CSCCCS[C@H]1C(=O)C[C@@H](O)[C@@H]1C=C[C@@H](O)CCc1cc2ccccc2o1. The molecule has 168 valence electrons. The lowest BCUT2D eigenvalue weighted by atomic mass is 10.0. The number of carbonyl (C=O) groups excluding carboxylic acids is 1.